The lowest BCUT2D eigenvalue weighted by molar-refractivity contribution is -0.119. The molecule has 2 rings (SSSR count). The van der Waals surface area contributed by atoms with Gasteiger partial charge in [0.1, 0.15) is 6.54 Å². The third kappa shape index (κ3) is 4.45. The zero-order valence-electron chi connectivity index (χ0n) is 13.6. The maximum absolute atomic E-state index is 12.3. The molecule has 0 bridgehead atoms. The highest BCUT2D eigenvalue weighted by atomic mass is 16.1. The van der Waals surface area contributed by atoms with E-state index >= 15 is 0 Å². The topological polar surface area (TPSA) is 89.8 Å². The zero-order valence-corrected chi connectivity index (χ0v) is 13.6. The van der Waals surface area contributed by atoms with Crippen molar-refractivity contribution in [2.45, 2.75) is 39.8 Å². The van der Waals surface area contributed by atoms with Crippen molar-refractivity contribution in [1.82, 2.24) is 25.5 Å². The van der Waals surface area contributed by atoms with E-state index in [4.69, 9.17) is 0 Å². The molecule has 0 aliphatic carbocycles. The molecule has 0 radical (unpaired) electrons. The van der Waals surface area contributed by atoms with Gasteiger partial charge in [-0.2, -0.15) is 4.80 Å². The predicted molar refractivity (Wildman–Crippen MR) is 84.6 cm³/mol. The number of tetrazole rings is 1. The average Bonchev–Trinajstić information content (AvgIpc) is 3.00. The van der Waals surface area contributed by atoms with Gasteiger partial charge in [0, 0.05) is 12.0 Å². The Bertz CT molecular complexity index is 666. The summed E-state index contributed by atoms with van der Waals surface area (Å²) in [6.07, 6.45) is 0.426. The molecule has 7 nitrogen and oxygen atoms in total. The molecule has 1 atom stereocenters. The first-order valence-electron chi connectivity index (χ1n) is 7.66. The summed E-state index contributed by atoms with van der Waals surface area (Å²) in [6, 6.07) is 8.60. The van der Waals surface area contributed by atoms with E-state index in [0.29, 0.717) is 17.8 Å². The average molecular weight is 315 g/mol. The summed E-state index contributed by atoms with van der Waals surface area (Å²) < 4.78 is 0. The Balaban J connectivity index is 2.13. The van der Waals surface area contributed by atoms with Crippen molar-refractivity contribution in [3.63, 3.8) is 0 Å². The molecule has 1 aromatic carbocycles. The van der Waals surface area contributed by atoms with E-state index in [9.17, 15) is 9.59 Å². The molecule has 0 unspecified atom stereocenters. The van der Waals surface area contributed by atoms with Crippen molar-refractivity contribution < 1.29 is 9.59 Å². The Kier molecular flexibility index (Phi) is 5.56. The van der Waals surface area contributed by atoms with Crippen LogP contribution in [0.2, 0.25) is 0 Å². The van der Waals surface area contributed by atoms with Crippen molar-refractivity contribution in [3.05, 3.63) is 41.7 Å². The van der Waals surface area contributed by atoms with Crippen LogP contribution < -0.4 is 5.32 Å². The van der Waals surface area contributed by atoms with Crippen LogP contribution in [-0.4, -0.2) is 31.9 Å². The standard InChI is InChI=1S/C16H21N5O2/c1-4-13(22)10-21-19-15(18-20-21)14(11(2)3)17-16(23)12-8-6-5-7-9-12/h5-9,11,14H,4,10H2,1-3H3,(H,17,23)/t14-/m0/s1. The third-order valence-corrected chi connectivity index (χ3v) is 3.45. The van der Waals surface area contributed by atoms with E-state index in [1.54, 1.807) is 19.1 Å². The number of benzene rings is 1. The molecule has 1 amide bonds. The van der Waals surface area contributed by atoms with Crippen LogP contribution in [-0.2, 0) is 11.3 Å². The van der Waals surface area contributed by atoms with Crippen LogP contribution in [0.3, 0.4) is 0 Å². The van der Waals surface area contributed by atoms with Gasteiger partial charge in [-0.3, -0.25) is 9.59 Å². The summed E-state index contributed by atoms with van der Waals surface area (Å²) in [5, 5.41) is 15.0. The molecule has 0 fully saturated rings. The van der Waals surface area contributed by atoms with E-state index in [2.05, 4.69) is 20.7 Å². The summed E-state index contributed by atoms with van der Waals surface area (Å²) in [4.78, 5) is 25.0. The van der Waals surface area contributed by atoms with Crippen molar-refractivity contribution >= 4 is 11.7 Å². The van der Waals surface area contributed by atoms with Crippen LogP contribution in [0.5, 0.6) is 0 Å². The number of ketones is 1. The van der Waals surface area contributed by atoms with Crippen LogP contribution in [0.1, 0.15) is 49.4 Å². The molecular formula is C16H21N5O2. The fraction of sp³-hybridized carbons (Fsp3) is 0.438. The second-order valence-corrected chi connectivity index (χ2v) is 5.63. The zero-order chi connectivity index (χ0) is 16.8. The molecule has 23 heavy (non-hydrogen) atoms. The molecule has 0 aliphatic heterocycles. The summed E-state index contributed by atoms with van der Waals surface area (Å²) in [7, 11) is 0. The first-order chi connectivity index (χ1) is 11.0. The number of hydrogen-bond donors (Lipinski definition) is 1. The molecule has 2 aromatic rings. The van der Waals surface area contributed by atoms with Crippen molar-refractivity contribution in [2.24, 2.45) is 5.92 Å². The van der Waals surface area contributed by atoms with Crippen molar-refractivity contribution in [3.8, 4) is 0 Å². The Hall–Kier alpha value is -2.57. The largest absolute Gasteiger partial charge is 0.342 e. The first-order valence-corrected chi connectivity index (χ1v) is 7.66. The Morgan fingerprint density at radius 2 is 1.91 bits per heavy atom. The van der Waals surface area contributed by atoms with Gasteiger partial charge in [0.25, 0.3) is 5.91 Å². The predicted octanol–water partition coefficient (Wildman–Crippen LogP) is 1.78. The fourth-order valence-corrected chi connectivity index (χ4v) is 2.06. The number of Topliss-reactive ketones (excluding diaryl/α,β-unsaturated/α-hetero) is 1. The molecule has 122 valence electrons. The number of nitrogens with one attached hydrogen (secondary N) is 1. The smallest absolute Gasteiger partial charge is 0.251 e. The van der Waals surface area contributed by atoms with E-state index < -0.39 is 0 Å². The molecule has 0 saturated carbocycles. The molecular weight excluding hydrogens is 294 g/mol. The normalized spacial score (nSPS) is 12.2. The second-order valence-electron chi connectivity index (χ2n) is 5.63. The van der Waals surface area contributed by atoms with Crippen LogP contribution in [0.15, 0.2) is 30.3 Å². The van der Waals surface area contributed by atoms with Crippen molar-refractivity contribution in [2.75, 3.05) is 0 Å². The highest BCUT2D eigenvalue weighted by Crippen LogP contribution is 2.18. The maximum atomic E-state index is 12.3. The quantitative estimate of drug-likeness (QED) is 0.841. The van der Waals surface area contributed by atoms with E-state index in [-0.39, 0.29) is 30.2 Å². The van der Waals surface area contributed by atoms with Gasteiger partial charge in [0.15, 0.2) is 11.6 Å². The Morgan fingerprint density at radius 3 is 2.52 bits per heavy atom. The van der Waals surface area contributed by atoms with Crippen LogP contribution in [0.4, 0.5) is 0 Å². The lowest BCUT2D eigenvalue weighted by atomic mass is 10.0. The molecule has 0 saturated heterocycles. The van der Waals surface area contributed by atoms with E-state index in [0.717, 1.165) is 0 Å². The van der Waals surface area contributed by atoms with Crippen molar-refractivity contribution in [1.29, 1.82) is 0 Å². The van der Waals surface area contributed by atoms with Crippen LogP contribution in [0.25, 0.3) is 0 Å². The molecule has 1 aromatic heterocycles. The SMILES string of the molecule is CCC(=O)Cn1nnc([C@@H](NC(=O)c2ccccc2)C(C)C)n1. The van der Waals surface area contributed by atoms with Gasteiger partial charge in [-0.15, -0.1) is 10.2 Å². The monoisotopic (exact) mass is 315 g/mol. The van der Waals surface area contributed by atoms with Gasteiger partial charge in [-0.1, -0.05) is 39.0 Å². The van der Waals surface area contributed by atoms with Gasteiger partial charge in [-0.05, 0) is 23.3 Å². The number of carbonyl (C=O) groups excluding carboxylic acids is 2. The van der Waals surface area contributed by atoms with Crippen LogP contribution in [0, 0.1) is 5.92 Å². The minimum Gasteiger partial charge on any atom is -0.342 e. The van der Waals surface area contributed by atoms with E-state index in [1.165, 1.54) is 4.80 Å². The lowest BCUT2D eigenvalue weighted by Gasteiger charge is -2.19. The van der Waals surface area contributed by atoms with E-state index in [1.807, 2.05) is 32.0 Å². The summed E-state index contributed by atoms with van der Waals surface area (Å²) in [5.74, 6) is 0.337. The molecule has 0 aliphatic rings. The molecule has 1 N–H and O–H groups in total. The van der Waals surface area contributed by atoms with Gasteiger partial charge in [0.2, 0.25) is 0 Å². The number of rotatable bonds is 7. The number of amides is 1. The molecule has 7 heteroatoms. The number of aromatic nitrogens is 4. The van der Waals surface area contributed by atoms with Gasteiger partial charge in [-0.25, -0.2) is 0 Å². The summed E-state index contributed by atoms with van der Waals surface area (Å²) in [6.45, 7) is 5.82. The lowest BCUT2D eigenvalue weighted by Crippen LogP contribution is -2.32. The first kappa shape index (κ1) is 16.8. The minimum absolute atomic E-state index is 0.0309. The molecule has 1 heterocycles. The highest BCUT2D eigenvalue weighted by molar-refractivity contribution is 5.94. The molecule has 0 spiro atoms. The number of nitrogens with zero attached hydrogens (tertiary/aromatic N) is 4. The van der Waals surface area contributed by atoms with Gasteiger partial charge in [0.05, 0.1) is 6.04 Å². The van der Waals surface area contributed by atoms with Crippen LogP contribution >= 0.6 is 0 Å². The summed E-state index contributed by atoms with van der Waals surface area (Å²) >= 11 is 0. The fourth-order valence-electron chi connectivity index (χ4n) is 2.06. The van der Waals surface area contributed by atoms with Gasteiger partial charge >= 0.3 is 0 Å². The maximum Gasteiger partial charge on any atom is 0.251 e. The second kappa shape index (κ2) is 7.62. The highest BCUT2D eigenvalue weighted by Gasteiger charge is 2.24. The third-order valence-electron chi connectivity index (χ3n) is 3.45. The van der Waals surface area contributed by atoms with Gasteiger partial charge < -0.3 is 5.32 Å². The summed E-state index contributed by atoms with van der Waals surface area (Å²) in [5.41, 5.74) is 0.576. The minimum atomic E-state index is -0.367. The Labute approximate surface area is 135 Å². The Morgan fingerprint density at radius 1 is 1.22 bits per heavy atom. The number of carbonyl (C=O) groups is 2. The number of hydrogen-bond acceptors (Lipinski definition) is 5.